The molecule has 5 fully saturated rings. The van der Waals surface area contributed by atoms with Crippen LogP contribution in [-0.2, 0) is 20.4 Å². The Kier molecular flexibility index (Phi) is 7.18. The van der Waals surface area contributed by atoms with Gasteiger partial charge >= 0.3 is 0 Å². The number of piperidine rings is 4. The van der Waals surface area contributed by atoms with Gasteiger partial charge in [0.25, 0.3) is 0 Å². The number of aromatic nitrogens is 2. The summed E-state index contributed by atoms with van der Waals surface area (Å²) in [6, 6.07) is 9.00. The Hall–Kier alpha value is -2.48. The standard InChI is InChI=1S/C36H49N5O2/c1-35(2,3)28-16-10-20(18-37-28)26-14-12-24-31(42)22-8-7-9-23-30(22)41(33(24)39-26)34-25(32(23)43)13-15-27(40-34)21-11-17-29(38-19-21)36(4,5)6/h10-11,16-19,22-27,30,33-34,39-40H,7-9,12-15H2,1-6H3. The molecule has 1 saturated carbocycles. The lowest BCUT2D eigenvalue weighted by Crippen LogP contribution is -2.78. The monoisotopic (exact) mass is 583 g/mol. The van der Waals surface area contributed by atoms with Gasteiger partial charge in [0, 0.05) is 76.4 Å². The van der Waals surface area contributed by atoms with Gasteiger partial charge in [-0.2, -0.15) is 0 Å². The highest BCUT2D eigenvalue weighted by Crippen LogP contribution is 2.51. The van der Waals surface area contributed by atoms with Crippen molar-refractivity contribution in [1.82, 2.24) is 25.5 Å². The Balaban J connectivity index is 1.21. The molecule has 2 aromatic rings. The van der Waals surface area contributed by atoms with Gasteiger partial charge in [0.15, 0.2) is 0 Å². The van der Waals surface area contributed by atoms with Crippen LogP contribution in [-0.4, -0.2) is 44.8 Å². The molecule has 2 N–H and O–H groups in total. The Bertz CT molecular complexity index is 1270. The van der Waals surface area contributed by atoms with Gasteiger partial charge in [0.2, 0.25) is 0 Å². The fourth-order valence-electron chi connectivity index (χ4n) is 8.95. The van der Waals surface area contributed by atoms with Gasteiger partial charge < -0.3 is 0 Å². The number of rotatable bonds is 2. The van der Waals surface area contributed by atoms with Crippen LogP contribution in [0.5, 0.6) is 0 Å². The van der Waals surface area contributed by atoms with Crippen molar-refractivity contribution in [2.75, 3.05) is 0 Å². The van der Waals surface area contributed by atoms with Crippen LogP contribution < -0.4 is 10.6 Å². The van der Waals surface area contributed by atoms with Crippen LogP contribution in [0, 0.1) is 23.7 Å². The molecule has 0 aromatic carbocycles. The van der Waals surface area contributed by atoms with E-state index < -0.39 is 0 Å². The highest BCUT2D eigenvalue weighted by molar-refractivity contribution is 5.91. The van der Waals surface area contributed by atoms with Crippen molar-refractivity contribution in [3.8, 4) is 0 Å². The molecule has 0 radical (unpaired) electrons. The van der Waals surface area contributed by atoms with E-state index in [9.17, 15) is 9.59 Å². The zero-order valence-corrected chi connectivity index (χ0v) is 26.8. The maximum Gasteiger partial charge on any atom is 0.143 e. The Labute approximate surface area is 257 Å². The van der Waals surface area contributed by atoms with Crippen LogP contribution in [0.4, 0.5) is 0 Å². The van der Waals surface area contributed by atoms with E-state index in [0.717, 1.165) is 56.3 Å². The third-order valence-corrected chi connectivity index (χ3v) is 11.3. The smallest absolute Gasteiger partial charge is 0.143 e. The molecule has 5 aliphatic rings. The molecule has 0 amide bonds. The molecule has 0 bridgehead atoms. The maximum atomic E-state index is 14.1. The second kappa shape index (κ2) is 10.6. The van der Waals surface area contributed by atoms with Gasteiger partial charge in [-0.1, -0.05) is 60.1 Å². The molecule has 0 spiro atoms. The third kappa shape index (κ3) is 5.00. The van der Waals surface area contributed by atoms with Gasteiger partial charge in [-0.15, -0.1) is 0 Å². The number of carbonyl (C=O) groups excluding carboxylic acids is 2. The van der Waals surface area contributed by atoms with Crippen molar-refractivity contribution in [3.63, 3.8) is 0 Å². The number of nitrogens with zero attached hydrogens (tertiary/aromatic N) is 3. The van der Waals surface area contributed by atoms with Gasteiger partial charge in [-0.3, -0.25) is 35.1 Å². The lowest BCUT2D eigenvalue weighted by Gasteiger charge is -2.63. The Morgan fingerprint density at radius 3 is 1.44 bits per heavy atom. The number of carbonyl (C=O) groups is 2. The Morgan fingerprint density at radius 2 is 1.07 bits per heavy atom. The van der Waals surface area contributed by atoms with Crippen molar-refractivity contribution >= 4 is 11.6 Å². The van der Waals surface area contributed by atoms with E-state index in [-0.39, 0.29) is 65.0 Å². The molecule has 7 rings (SSSR count). The van der Waals surface area contributed by atoms with Gasteiger partial charge in [0.1, 0.15) is 11.6 Å². The normalized spacial score (nSPS) is 36.5. The lowest BCUT2D eigenvalue weighted by molar-refractivity contribution is -0.180. The van der Waals surface area contributed by atoms with Crippen molar-refractivity contribution < 1.29 is 9.59 Å². The van der Waals surface area contributed by atoms with Crippen molar-refractivity contribution in [1.29, 1.82) is 0 Å². The molecule has 4 saturated heterocycles. The number of ketones is 2. The first-order valence-corrected chi connectivity index (χ1v) is 16.7. The predicted octanol–water partition coefficient (Wildman–Crippen LogP) is 5.76. The van der Waals surface area contributed by atoms with Crippen LogP contribution in [0.3, 0.4) is 0 Å². The lowest BCUT2D eigenvalue weighted by atomic mass is 9.60. The van der Waals surface area contributed by atoms with Crippen molar-refractivity contribution in [2.24, 2.45) is 23.7 Å². The average molecular weight is 584 g/mol. The summed E-state index contributed by atoms with van der Waals surface area (Å²) in [5.41, 5.74) is 4.56. The quantitative estimate of drug-likeness (QED) is 0.465. The van der Waals surface area contributed by atoms with Crippen LogP contribution in [0.25, 0.3) is 0 Å². The van der Waals surface area contributed by atoms with Crippen LogP contribution in [0.2, 0.25) is 0 Å². The van der Waals surface area contributed by atoms with E-state index in [4.69, 9.17) is 9.97 Å². The second-order valence-electron chi connectivity index (χ2n) is 16.0. The topological polar surface area (TPSA) is 87.2 Å². The van der Waals surface area contributed by atoms with Crippen LogP contribution >= 0.6 is 0 Å². The zero-order valence-electron chi connectivity index (χ0n) is 26.8. The number of nitrogens with one attached hydrogen (secondary N) is 2. The second-order valence-corrected chi connectivity index (χ2v) is 16.0. The minimum atomic E-state index is -0.0800. The zero-order chi connectivity index (χ0) is 30.3. The molecule has 230 valence electrons. The predicted molar refractivity (Wildman–Crippen MR) is 167 cm³/mol. The summed E-state index contributed by atoms with van der Waals surface area (Å²) in [4.78, 5) is 40.4. The summed E-state index contributed by atoms with van der Waals surface area (Å²) in [5.74, 6) is 0.632. The minimum absolute atomic E-state index is 0.00550. The molecule has 7 nitrogen and oxygen atoms in total. The summed E-state index contributed by atoms with van der Waals surface area (Å²) in [7, 11) is 0. The molecule has 1 aliphatic carbocycles. The van der Waals surface area contributed by atoms with E-state index in [0.29, 0.717) is 11.6 Å². The van der Waals surface area contributed by atoms with Gasteiger partial charge in [-0.25, -0.2) is 0 Å². The van der Waals surface area contributed by atoms with Gasteiger partial charge in [-0.05, 0) is 61.8 Å². The first-order chi connectivity index (χ1) is 20.4. The van der Waals surface area contributed by atoms with Crippen LogP contribution in [0.1, 0.15) is 121 Å². The molecule has 2 aromatic heterocycles. The summed E-state index contributed by atoms with van der Waals surface area (Å²) >= 11 is 0. The largest absolute Gasteiger partial charge is 0.299 e. The van der Waals surface area contributed by atoms with Gasteiger partial charge in [0.05, 0.1) is 12.3 Å². The fourth-order valence-corrected chi connectivity index (χ4v) is 8.95. The molecule has 43 heavy (non-hydrogen) atoms. The van der Waals surface area contributed by atoms with E-state index >= 15 is 0 Å². The maximum absolute atomic E-state index is 14.1. The summed E-state index contributed by atoms with van der Waals surface area (Å²) in [5, 5.41) is 7.95. The highest BCUT2D eigenvalue weighted by Gasteiger charge is 2.62. The highest BCUT2D eigenvalue weighted by atomic mass is 16.1. The van der Waals surface area contributed by atoms with Crippen molar-refractivity contribution in [2.45, 2.75) is 128 Å². The Morgan fingerprint density at radius 1 is 0.628 bits per heavy atom. The minimum Gasteiger partial charge on any atom is -0.299 e. The molecule has 8 atom stereocenters. The number of fused-ring (bicyclic) bond motifs is 4. The SMILES string of the molecule is CC(C)(C)c1ccc(C2CCC3C(=O)C4CCCC5C(=O)C6CCC(c7ccc(C(C)(C)C)nc7)NC6N(C3N2)C45)cn1. The van der Waals surface area contributed by atoms with E-state index in [1.54, 1.807) is 0 Å². The fraction of sp³-hybridized carbons (Fsp3) is 0.667. The first-order valence-electron chi connectivity index (χ1n) is 16.7. The number of Topliss-reactive ketones (excluding diaryl/α,β-unsaturated/α-hetero) is 2. The molecule has 6 heterocycles. The molecular weight excluding hydrogens is 534 g/mol. The third-order valence-electron chi connectivity index (χ3n) is 11.3. The molecule has 8 unspecified atom stereocenters. The molecule has 7 heteroatoms. The number of hydrogen-bond acceptors (Lipinski definition) is 7. The van der Waals surface area contributed by atoms with Crippen molar-refractivity contribution in [3.05, 3.63) is 59.2 Å². The van der Waals surface area contributed by atoms with E-state index in [2.05, 4.69) is 81.3 Å². The average Bonchev–Trinajstić information content (AvgIpc) is 2.99. The molecular formula is C36H49N5O2. The van der Waals surface area contributed by atoms with E-state index in [1.807, 2.05) is 12.4 Å². The van der Waals surface area contributed by atoms with E-state index in [1.165, 1.54) is 11.1 Å². The summed E-state index contributed by atoms with van der Waals surface area (Å²) in [6.45, 7) is 13.1. The summed E-state index contributed by atoms with van der Waals surface area (Å²) < 4.78 is 0. The van der Waals surface area contributed by atoms with Crippen LogP contribution in [0.15, 0.2) is 36.7 Å². The number of pyridine rings is 2. The first kappa shape index (κ1) is 29.2. The summed E-state index contributed by atoms with van der Waals surface area (Å²) in [6.07, 6.45) is 10.3. The number of hydrogen-bond donors (Lipinski definition) is 2. The molecule has 4 aliphatic heterocycles.